The van der Waals surface area contributed by atoms with E-state index in [1.54, 1.807) is 24.3 Å². The fraction of sp³-hybridized carbons (Fsp3) is 0.111. The summed E-state index contributed by atoms with van der Waals surface area (Å²) in [6, 6.07) is 13.1. The van der Waals surface area contributed by atoms with Crippen molar-refractivity contribution in [3.63, 3.8) is 0 Å². The zero-order valence-electron chi connectivity index (χ0n) is 13.1. The lowest BCUT2D eigenvalue weighted by molar-refractivity contribution is -0.274. The van der Waals surface area contributed by atoms with E-state index in [-0.39, 0.29) is 12.3 Å². The normalized spacial score (nSPS) is 10.1. The largest absolute Gasteiger partial charge is 0.573 e. The fourth-order valence-corrected chi connectivity index (χ4v) is 1.76. The maximum atomic E-state index is 12.0. The molecule has 2 aromatic carbocycles. The monoisotopic (exact) mass is 360 g/mol. The second-order valence-corrected chi connectivity index (χ2v) is 4.76. The van der Waals surface area contributed by atoms with Crippen LogP contribution < -0.4 is 10.1 Å². The summed E-state index contributed by atoms with van der Waals surface area (Å²) in [5.41, 5.74) is 1.41. The molecule has 2 rings (SSSR count). The molecule has 26 heavy (non-hydrogen) atoms. The van der Waals surface area contributed by atoms with Gasteiger partial charge in [0.2, 0.25) is 0 Å². The molecule has 0 atom stereocenters. The van der Waals surface area contributed by atoms with Crippen LogP contribution in [0, 0.1) is 23.2 Å². The van der Waals surface area contributed by atoms with Crippen molar-refractivity contribution in [1.29, 1.82) is 5.26 Å². The van der Waals surface area contributed by atoms with Gasteiger partial charge in [0.05, 0.1) is 11.6 Å². The molecule has 0 bridgehead atoms. The first-order valence-corrected chi connectivity index (χ1v) is 7.14. The highest BCUT2D eigenvalue weighted by Crippen LogP contribution is 2.23. The lowest BCUT2D eigenvalue weighted by Crippen LogP contribution is -2.17. The Kier molecular flexibility index (Phi) is 6.07. The predicted octanol–water partition coefficient (Wildman–Crippen LogP) is 4.06. The van der Waals surface area contributed by atoms with Crippen molar-refractivity contribution in [3.8, 4) is 23.7 Å². The van der Waals surface area contributed by atoms with Crippen LogP contribution in [-0.2, 0) is 4.74 Å². The molecule has 8 heteroatoms. The summed E-state index contributed by atoms with van der Waals surface area (Å²) in [4.78, 5) is 11.6. The van der Waals surface area contributed by atoms with Crippen molar-refractivity contribution in [3.05, 3.63) is 59.7 Å². The molecule has 0 spiro atoms. The number of nitriles is 1. The van der Waals surface area contributed by atoms with Crippen LogP contribution in [0.3, 0.4) is 0 Å². The third-order valence-electron chi connectivity index (χ3n) is 2.86. The molecule has 1 N–H and O–H groups in total. The minimum Gasteiger partial charge on any atom is -0.436 e. The molecule has 0 saturated carbocycles. The highest BCUT2D eigenvalue weighted by atomic mass is 19.4. The first kappa shape index (κ1) is 18.7. The van der Waals surface area contributed by atoms with Gasteiger partial charge in [0.25, 0.3) is 0 Å². The summed E-state index contributed by atoms with van der Waals surface area (Å²) in [7, 11) is 0. The number of hydrogen-bond donors (Lipinski definition) is 1. The number of nitrogens with zero attached hydrogens (tertiary/aromatic N) is 1. The van der Waals surface area contributed by atoms with Crippen molar-refractivity contribution >= 4 is 11.8 Å². The Balaban J connectivity index is 1.80. The third-order valence-corrected chi connectivity index (χ3v) is 2.86. The van der Waals surface area contributed by atoms with Gasteiger partial charge in [0, 0.05) is 11.3 Å². The summed E-state index contributed by atoms with van der Waals surface area (Å²) in [5, 5.41) is 11.0. The first-order chi connectivity index (χ1) is 12.4. The summed E-state index contributed by atoms with van der Waals surface area (Å²) in [5.74, 6) is 4.99. The highest BCUT2D eigenvalue weighted by Gasteiger charge is 2.30. The van der Waals surface area contributed by atoms with Gasteiger partial charge in [0.1, 0.15) is 5.75 Å². The number of anilines is 1. The second kappa shape index (κ2) is 8.45. The van der Waals surface area contributed by atoms with Crippen LogP contribution in [0.1, 0.15) is 11.1 Å². The van der Waals surface area contributed by atoms with Gasteiger partial charge in [-0.05, 0) is 48.5 Å². The summed E-state index contributed by atoms with van der Waals surface area (Å²) >= 11 is 0. The highest BCUT2D eigenvalue weighted by molar-refractivity contribution is 5.84. The van der Waals surface area contributed by atoms with E-state index in [0.717, 1.165) is 12.1 Å². The van der Waals surface area contributed by atoms with Gasteiger partial charge in [-0.2, -0.15) is 5.26 Å². The molecule has 132 valence electrons. The Hall–Kier alpha value is -3.65. The van der Waals surface area contributed by atoms with Crippen LogP contribution in [0.5, 0.6) is 5.75 Å². The smallest absolute Gasteiger partial charge is 0.436 e. The van der Waals surface area contributed by atoms with E-state index in [1.807, 2.05) is 6.07 Å². The molecular weight excluding hydrogens is 349 g/mol. The summed E-state index contributed by atoms with van der Waals surface area (Å²) in [6.45, 7) is -0.179. The molecule has 5 nitrogen and oxygen atoms in total. The number of benzene rings is 2. The molecule has 2 aromatic rings. The number of ether oxygens (including phenoxy) is 2. The van der Waals surface area contributed by atoms with Gasteiger partial charge < -0.3 is 9.47 Å². The maximum Gasteiger partial charge on any atom is 0.573 e. The van der Waals surface area contributed by atoms with Crippen molar-refractivity contribution in [1.82, 2.24) is 0 Å². The summed E-state index contributed by atoms with van der Waals surface area (Å²) < 4.78 is 44.7. The minimum absolute atomic E-state index is 0.179. The first-order valence-electron chi connectivity index (χ1n) is 7.14. The topological polar surface area (TPSA) is 71.3 Å². The van der Waals surface area contributed by atoms with Crippen molar-refractivity contribution in [2.24, 2.45) is 0 Å². The molecule has 0 fully saturated rings. The third kappa shape index (κ3) is 6.46. The zero-order valence-corrected chi connectivity index (χ0v) is 13.1. The number of amides is 1. The second-order valence-electron chi connectivity index (χ2n) is 4.76. The number of halogens is 3. The number of hydrogen-bond acceptors (Lipinski definition) is 4. The quantitative estimate of drug-likeness (QED) is 0.838. The van der Waals surface area contributed by atoms with Crippen LogP contribution in [0.15, 0.2) is 48.5 Å². The average Bonchev–Trinajstić information content (AvgIpc) is 2.60. The van der Waals surface area contributed by atoms with Gasteiger partial charge >= 0.3 is 12.5 Å². The molecule has 0 aliphatic heterocycles. The minimum atomic E-state index is -4.78. The number of nitrogens with one attached hydrogen (secondary N) is 1. The molecule has 0 heterocycles. The van der Waals surface area contributed by atoms with Crippen molar-refractivity contribution in [2.75, 3.05) is 11.9 Å². The van der Waals surface area contributed by atoms with Crippen molar-refractivity contribution in [2.45, 2.75) is 6.36 Å². The van der Waals surface area contributed by atoms with E-state index in [1.165, 1.54) is 12.1 Å². The van der Waals surface area contributed by atoms with E-state index in [9.17, 15) is 18.0 Å². The average molecular weight is 360 g/mol. The number of alkyl halides is 3. The lowest BCUT2D eigenvalue weighted by atomic mass is 10.1. The van der Waals surface area contributed by atoms with Gasteiger partial charge in [-0.25, -0.2) is 4.79 Å². The Bertz CT molecular complexity index is 858. The van der Waals surface area contributed by atoms with Gasteiger partial charge in [-0.1, -0.05) is 11.8 Å². The Morgan fingerprint density at radius 2 is 1.65 bits per heavy atom. The van der Waals surface area contributed by atoms with Gasteiger partial charge in [-0.15, -0.1) is 13.2 Å². The Labute approximate surface area is 147 Å². The van der Waals surface area contributed by atoms with Crippen LogP contribution in [0.4, 0.5) is 23.7 Å². The zero-order chi connectivity index (χ0) is 19.0. The molecule has 0 aromatic heterocycles. The van der Waals surface area contributed by atoms with Gasteiger partial charge in [-0.3, -0.25) is 5.32 Å². The summed E-state index contributed by atoms with van der Waals surface area (Å²) in [6.07, 6.45) is -5.58. The Morgan fingerprint density at radius 3 is 2.23 bits per heavy atom. The van der Waals surface area contributed by atoms with Crippen LogP contribution in [0.25, 0.3) is 0 Å². The standard InChI is InChI=1S/C18H11F3N2O3/c19-18(20,21)26-16-9-7-15(8-10-16)23-17(24)25-11-1-2-13-3-5-14(12-22)6-4-13/h3-10H,11H2,(H,23,24). The van der Waals surface area contributed by atoms with E-state index in [2.05, 4.69) is 21.9 Å². The van der Waals surface area contributed by atoms with Crippen LogP contribution >= 0.6 is 0 Å². The number of carbonyl (C=O) groups excluding carboxylic acids is 1. The number of carbonyl (C=O) groups is 1. The number of rotatable bonds is 3. The molecule has 0 unspecified atom stereocenters. The van der Waals surface area contributed by atoms with E-state index < -0.39 is 18.2 Å². The van der Waals surface area contributed by atoms with E-state index in [0.29, 0.717) is 11.1 Å². The van der Waals surface area contributed by atoms with Gasteiger partial charge in [0.15, 0.2) is 6.61 Å². The van der Waals surface area contributed by atoms with Crippen LogP contribution in [0.2, 0.25) is 0 Å². The lowest BCUT2D eigenvalue weighted by Gasteiger charge is -2.09. The Morgan fingerprint density at radius 1 is 1.04 bits per heavy atom. The maximum absolute atomic E-state index is 12.0. The molecule has 0 radical (unpaired) electrons. The van der Waals surface area contributed by atoms with Crippen molar-refractivity contribution < 1.29 is 27.4 Å². The fourth-order valence-electron chi connectivity index (χ4n) is 1.76. The van der Waals surface area contributed by atoms with Crippen LogP contribution in [-0.4, -0.2) is 19.1 Å². The predicted molar refractivity (Wildman–Crippen MR) is 86.1 cm³/mol. The molecular formula is C18H11F3N2O3. The SMILES string of the molecule is N#Cc1ccc(C#CCOC(=O)Nc2ccc(OC(F)(F)F)cc2)cc1. The van der Waals surface area contributed by atoms with E-state index >= 15 is 0 Å². The molecule has 0 aliphatic rings. The van der Waals surface area contributed by atoms with E-state index in [4.69, 9.17) is 10.00 Å². The molecule has 0 saturated heterocycles. The molecule has 0 aliphatic carbocycles. The molecule has 1 amide bonds.